The van der Waals surface area contributed by atoms with Gasteiger partial charge >= 0.3 is 0 Å². The molecule has 1 saturated heterocycles. The van der Waals surface area contributed by atoms with Crippen LogP contribution in [0.2, 0.25) is 0 Å². The first-order valence-corrected chi connectivity index (χ1v) is 8.27. The van der Waals surface area contributed by atoms with Gasteiger partial charge in [0, 0.05) is 50.4 Å². The molecule has 21 heavy (non-hydrogen) atoms. The summed E-state index contributed by atoms with van der Waals surface area (Å²) >= 11 is 0. The molecule has 0 atom stereocenters. The SMILES string of the molecule is CCC(CC)(CO)CN1CCN(c2cccc(C)c2)CC1. The van der Waals surface area contributed by atoms with Crippen molar-refractivity contribution < 1.29 is 5.11 Å². The fourth-order valence-corrected chi connectivity index (χ4v) is 3.21. The number of rotatable bonds is 6. The number of hydrogen-bond acceptors (Lipinski definition) is 3. The number of hydrogen-bond donors (Lipinski definition) is 1. The van der Waals surface area contributed by atoms with Crippen molar-refractivity contribution in [1.29, 1.82) is 0 Å². The third-order valence-electron chi connectivity index (χ3n) is 5.13. The summed E-state index contributed by atoms with van der Waals surface area (Å²) in [4.78, 5) is 5.00. The molecule has 0 radical (unpaired) electrons. The van der Waals surface area contributed by atoms with E-state index in [9.17, 15) is 5.11 Å². The van der Waals surface area contributed by atoms with Crippen molar-refractivity contribution in [3.63, 3.8) is 0 Å². The summed E-state index contributed by atoms with van der Waals surface area (Å²) in [5.41, 5.74) is 2.76. The molecule has 3 heteroatoms. The lowest BCUT2D eigenvalue weighted by atomic mass is 9.82. The second kappa shape index (κ2) is 7.28. The van der Waals surface area contributed by atoms with E-state index in [1.807, 2.05) is 0 Å². The molecule has 0 spiro atoms. The van der Waals surface area contributed by atoms with Crippen molar-refractivity contribution in [3.8, 4) is 0 Å². The van der Waals surface area contributed by atoms with E-state index in [4.69, 9.17) is 0 Å². The summed E-state index contributed by atoms with van der Waals surface area (Å²) in [5, 5.41) is 9.73. The minimum Gasteiger partial charge on any atom is -0.396 e. The Labute approximate surface area is 129 Å². The van der Waals surface area contributed by atoms with Crippen LogP contribution in [0.3, 0.4) is 0 Å². The van der Waals surface area contributed by atoms with E-state index in [1.165, 1.54) is 11.3 Å². The molecule has 0 unspecified atom stereocenters. The highest BCUT2D eigenvalue weighted by Crippen LogP contribution is 2.28. The predicted molar refractivity (Wildman–Crippen MR) is 89.9 cm³/mol. The maximum atomic E-state index is 9.73. The van der Waals surface area contributed by atoms with Crippen LogP contribution in [-0.4, -0.2) is 49.3 Å². The summed E-state index contributed by atoms with van der Waals surface area (Å²) in [5.74, 6) is 0. The monoisotopic (exact) mass is 290 g/mol. The smallest absolute Gasteiger partial charge is 0.0499 e. The molecule has 1 fully saturated rings. The zero-order valence-corrected chi connectivity index (χ0v) is 13.8. The average Bonchev–Trinajstić information content (AvgIpc) is 2.53. The Morgan fingerprint density at radius 3 is 2.29 bits per heavy atom. The highest BCUT2D eigenvalue weighted by atomic mass is 16.3. The molecule has 0 aromatic heterocycles. The molecule has 1 aliphatic rings. The second-order valence-corrected chi connectivity index (χ2v) is 6.47. The maximum absolute atomic E-state index is 9.73. The van der Waals surface area contributed by atoms with E-state index in [1.54, 1.807) is 0 Å². The molecule has 1 aromatic rings. The largest absolute Gasteiger partial charge is 0.396 e. The summed E-state index contributed by atoms with van der Waals surface area (Å²) in [6.45, 7) is 12.2. The molecule has 1 N–H and O–H groups in total. The van der Waals surface area contributed by atoms with Crippen LogP contribution in [0, 0.1) is 12.3 Å². The molecule has 0 saturated carbocycles. The van der Waals surface area contributed by atoms with Crippen LogP contribution < -0.4 is 4.90 Å². The Morgan fingerprint density at radius 2 is 1.76 bits per heavy atom. The van der Waals surface area contributed by atoms with Gasteiger partial charge in [-0.25, -0.2) is 0 Å². The minimum atomic E-state index is 0.0888. The van der Waals surface area contributed by atoms with Crippen LogP contribution in [0.1, 0.15) is 32.3 Å². The number of aryl methyl sites for hydroxylation is 1. The molecular formula is C18H30N2O. The van der Waals surface area contributed by atoms with Crippen molar-refractivity contribution in [1.82, 2.24) is 4.90 Å². The highest BCUT2D eigenvalue weighted by Gasteiger charge is 2.29. The van der Waals surface area contributed by atoms with Gasteiger partial charge in [-0.1, -0.05) is 26.0 Å². The van der Waals surface area contributed by atoms with Crippen LogP contribution in [0.25, 0.3) is 0 Å². The van der Waals surface area contributed by atoms with Gasteiger partial charge in [0.25, 0.3) is 0 Å². The van der Waals surface area contributed by atoms with Gasteiger partial charge in [0.15, 0.2) is 0 Å². The van der Waals surface area contributed by atoms with Crippen molar-refractivity contribution in [2.75, 3.05) is 44.2 Å². The zero-order valence-electron chi connectivity index (χ0n) is 13.8. The lowest BCUT2D eigenvalue weighted by Crippen LogP contribution is -2.50. The average molecular weight is 290 g/mol. The minimum absolute atomic E-state index is 0.0888. The van der Waals surface area contributed by atoms with Gasteiger partial charge in [-0.05, 0) is 37.5 Å². The van der Waals surface area contributed by atoms with E-state index in [2.05, 4.69) is 54.8 Å². The van der Waals surface area contributed by atoms with Gasteiger partial charge < -0.3 is 10.0 Å². The lowest BCUT2D eigenvalue weighted by Gasteiger charge is -2.41. The number of aliphatic hydroxyl groups is 1. The van der Waals surface area contributed by atoms with Crippen LogP contribution in [0.4, 0.5) is 5.69 Å². The standard InChI is InChI=1S/C18H30N2O/c1-4-18(5-2,15-21)14-19-9-11-20(12-10-19)17-8-6-7-16(3)13-17/h6-8,13,21H,4-5,9-12,14-15H2,1-3H3. The summed E-state index contributed by atoms with van der Waals surface area (Å²) < 4.78 is 0. The van der Waals surface area contributed by atoms with Gasteiger partial charge in [-0.2, -0.15) is 0 Å². The number of piperazine rings is 1. The Hall–Kier alpha value is -1.06. The molecule has 1 heterocycles. The number of anilines is 1. The molecular weight excluding hydrogens is 260 g/mol. The van der Waals surface area contributed by atoms with Crippen LogP contribution in [-0.2, 0) is 0 Å². The van der Waals surface area contributed by atoms with E-state index in [-0.39, 0.29) is 5.41 Å². The van der Waals surface area contributed by atoms with Crippen LogP contribution in [0.5, 0.6) is 0 Å². The summed E-state index contributed by atoms with van der Waals surface area (Å²) in [7, 11) is 0. The third kappa shape index (κ3) is 3.98. The third-order valence-corrected chi connectivity index (χ3v) is 5.13. The Bertz CT molecular complexity index is 426. The molecule has 2 rings (SSSR count). The van der Waals surface area contributed by atoms with Crippen LogP contribution in [0.15, 0.2) is 24.3 Å². The molecule has 1 aliphatic heterocycles. The predicted octanol–water partition coefficient (Wildman–Crippen LogP) is 2.92. The van der Waals surface area contributed by atoms with Gasteiger partial charge in [-0.3, -0.25) is 4.90 Å². The van der Waals surface area contributed by atoms with E-state index >= 15 is 0 Å². The van der Waals surface area contributed by atoms with E-state index in [0.717, 1.165) is 45.6 Å². The molecule has 118 valence electrons. The molecule has 0 bridgehead atoms. The van der Waals surface area contributed by atoms with Crippen molar-refractivity contribution >= 4 is 5.69 Å². The summed E-state index contributed by atoms with van der Waals surface area (Å²) in [6.07, 6.45) is 2.11. The molecule has 3 nitrogen and oxygen atoms in total. The first-order valence-electron chi connectivity index (χ1n) is 8.27. The highest BCUT2D eigenvalue weighted by molar-refractivity contribution is 5.48. The number of nitrogens with zero attached hydrogens (tertiary/aromatic N) is 2. The number of benzene rings is 1. The maximum Gasteiger partial charge on any atom is 0.0499 e. The molecule has 0 aliphatic carbocycles. The first-order chi connectivity index (χ1) is 10.1. The normalized spacial score (nSPS) is 17.2. The number of aliphatic hydroxyl groups excluding tert-OH is 1. The molecule has 1 aromatic carbocycles. The first kappa shape index (κ1) is 16.3. The van der Waals surface area contributed by atoms with Crippen molar-refractivity contribution in [2.45, 2.75) is 33.6 Å². The fraction of sp³-hybridized carbons (Fsp3) is 0.667. The Morgan fingerprint density at radius 1 is 1.10 bits per heavy atom. The van der Waals surface area contributed by atoms with Gasteiger partial charge in [0.2, 0.25) is 0 Å². The van der Waals surface area contributed by atoms with Gasteiger partial charge in [-0.15, -0.1) is 0 Å². The van der Waals surface area contributed by atoms with Crippen LogP contribution >= 0.6 is 0 Å². The quantitative estimate of drug-likeness (QED) is 0.872. The van der Waals surface area contributed by atoms with E-state index < -0.39 is 0 Å². The Kier molecular flexibility index (Phi) is 5.65. The van der Waals surface area contributed by atoms with Crippen molar-refractivity contribution in [2.24, 2.45) is 5.41 Å². The van der Waals surface area contributed by atoms with E-state index in [0.29, 0.717) is 6.61 Å². The van der Waals surface area contributed by atoms with Gasteiger partial charge in [0.1, 0.15) is 0 Å². The molecule has 0 amide bonds. The Balaban J connectivity index is 1.91. The van der Waals surface area contributed by atoms with Crippen molar-refractivity contribution in [3.05, 3.63) is 29.8 Å². The zero-order chi connectivity index (χ0) is 15.3. The summed E-state index contributed by atoms with van der Waals surface area (Å²) in [6, 6.07) is 8.77. The van der Waals surface area contributed by atoms with Gasteiger partial charge in [0.05, 0.1) is 0 Å². The fourth-order valence-electron chi connectivity index (χ4n) is 3.21. The lowest BCUT2D eigenvalue weighted by molar-refractivity contribution is 0.0634. The second-order valence-electron chi connectivity index (χ2n) is 6.47. The topological polar surface area (TPSA) is 26.7 Å².